The first kappa shape index (κ1) is 9.79. The molecule has 0 radical (unpaired) electrons. The van der Waals surface area contributed by atoms with Crippen molar-refractivity contribution in [1.82, 2.24) is 5.16 Å². The third-order valence-corrected chi connectivity index (χ3v) is 1.85. The second kappa shape index (κ2) is 3.61. The van der Waals surface area contributed by atoms with Gasteiger partial charge in [0.15, 0.2) is 0 Å². The van der Waals surface area contributed by atoms with Gasteiger partial charge in [0.05, 0.1) is 12.1 Å². The highest BCUT2D eigenvalue weighted by Gasteiger charge is 2.22. The fourth-order valence-corrected chi connectivity index (χ4v) is 1.23. The van der Waals surface area contributed by atoms with Crippen molar-refractivity contribution in [3.8, 4) is 0 Å². The molecule has 0 aliphatic carbocycles. The normalized spacial score (nSPS) is 11.2. The summed E-state index contributed by atoms with van der Waals surface area (Å²) in [6, 6.07) is 0. The number of nitrogens with zero attached hydrogens (tertiary/aromatic N) is 2. The van der Waals surface area contributed by atoms with E-state index in [1.807, 2.05) is 0 Å². The number of hydrogen-bond donors (Lipinski definition) is 0. The quantitative estimate of drug-likeness (QED) is 0.651. The summed E-state index contributed by atoms with van der Waals surface area (Å²) in [7, 11) is 0. The molecule has 13 heavy (non-hydrogen) atoms. The Morgan fingerprint density at radius 3 is 2.77 bits per heavy atom. The maximum atomic E-state index is 6.71. The van der Waals surface area contributed by atoms with Crippen molar-refractivity contribution >= 4 is 0 Å². The fourth-order valence-electron chi connectivity index (χ4n) is 1.23. The monoisotopic (exact) mass is 178 g/mol. The summed E-state index contributed by atoms with van der Waals surface area (Å²) >= 11 is 0. The molecule has 1 heterocycles. The van der Waals surface area contributed by atoms with Gasteiger partial charge in [0.2, 0.25) is 6.54 Å². The minimum Gasteiger partial charge on any atom is -0.364 e. The first-order valence-electron chi connectivity index (χ1n) is 4.32. The van der Waals surface area contributed by atoms with Gasteiger partial charge in [0.25, 0.3) is 0 Å². The number of aromatic nitrogens is 1. The van der Waals surface area contributed by atoms with Crippen LogP contribution in [0.4, 0.5) is 0 Å². The Labute approximate surface area is 78.6 Å². The lowest BCUT2D eigenvalue weighted by Crippen LogP contribution is -2.14. The smallest absolute Gasteiger partial charge is 0.218 e. The van der Waals surface area contributed by atoms with E-state index in [1.165, 1.54) is 0 Å². The summed E-state index contributed by atoms with van der Waals surface area (Å²) in [6.45, 7) is 13.5. The molecular formula is C10H14N2O. The van der Waals surface area contributed by atoms with E-state index in [1.54, 1.807) is 6.26 Å². The summed E-state index contributed by atoms with van der Waals surface area (Å²) in [5, 5.41) is 3.96. The molecule has 0 spiro atoms. The van der Waals surface area contributed by atoms with Crippen LogP contribution in [0.1, 0.15) is 32.0 Å². The Hall–Kier alpha value is -1.30. The van der Waals surface area contributed by atoms with E-state index >= 15 is 0 Å². The van der Waals surface area contributed by atoms with Crippen LogP contribution in [0, 0.1) is 6.57 Å². The highest BCUT2D eigenvalue weighted by atomic mass is 16.5. The van der Waals surface area contributed by atoms with Crippen molar-refractivity contribution in [3.63, 3.8) is 0 Å². The minimum absolute atomic E-state index is 0.00433. The Morgan fingerprint density at radius 1 is 1.54 bits per heavy atom. The molecule has 0 amide bonds. The zero-order valence-corrected chi connectivity index (χ0v) is 8.29. The summed E-state index contributed by atoms with van der Waals surface area (Å²) in [5.41, 5.74) is 2.03. The van der Waals surface area contributed by atoms with Crippen LogP contribution >= 0.6 is 0 Å². The van der Waals surface area contributed by atoms with Crippen molar-refractivity contribution < 1.29 is 4.52 Å². The molecular weight excluding hydrogens is 164 g/mol. The lowest BCUT2D eigenvalue weighted by molar-refractivity contribution is 0.393. The lowest BCUT2D eigenvalue weighted by atomic mass is 9.89. The molecule has 0 bridgehead atoms. The first-order valence-corrected chi connectivity index (χ1v) is 4.32. The Kier molecular flexibility index (Phi) is 2.72. The first-order chi connectivity index (χ1) is 6.05. The zero-order valence-electron chi connectivity index (χ0n) is 8.29. The minimum atomic E-state index is 0.00433. The van der Waals surface area contributed by atoms with Gasteiger partial charge in [-0.1, -0.05) is 25.9 Å². The van der Waals surface area contributed by atoms with E-state index in [0.717, 1.165) is 17.7 Å². The second-order valence-corrected chi connectivity index (χ2v) is 4.07. The Balaban J connectivity index is 2.85. The third kappa shape index (κ3) is 2.32. The van der Waals surface area contributed by atoms with Gasteiger partial charge >= 0.3 is 0 Å². The fraction of sp³-hybridized carbons (Fsp3) is 0.600. The Morgan fingerprint density at radius 2 is 2.23 bits per heavy atom. The average molecular weight is 178 g/mol. The largest absolute Gasteiger partial charge is 0.364 e. The van der Waals surface area contributed by atoms with Gasteiger partial charge in [-0.2, -0.15) is 0 Å². The molecule has 0 fully saturated rings. The van der Waals surface area contributed by atoms with Crippen LogP contribution in [-0.2, 0) is 11.8 Å². The van der Waals surface area contributed by atoms with Crippen molar-refractivity contribution in [2.75, 3.05) is 6.54 Å². The molecule has 70 valence electrons. The third-order valence-electron chi connectivity index (χ3n) is 1.85. The van der Waals surface area contributed by atoms with Gasteiger partial charge in [0, 0.05) is 11.0 Å². The van der Waals surface area contributed by atoms with Crippen LogP contribution in [0.25, 0.3) is 4.85 Å². The molecule has 3 heteroatoms. The lowest BCUT2D eigenvalue weighted by Gasteiger charge is -2.15. The molecule has 1 aromatic heterocycles. The maximum absolute atomic E-state index is 6.71. The zero-order chi connectivity index (χ0) is 9.90. The second-order valence-electron chi connectivity index (χ2n) is 4.07. The van der Waals surface area contributed by atoms with E-state index in [0.29, 0.717) is 6.54 Å². The van der Waals surface area contributed by atoms with Crippen molar-refractivity contribution in [2.24, 2.45) is 0 Å². The van der Waals surface area contributed by atoms with Gasteiger partial charge in [-0.25, -0.2) is 6.57 Å². The molecule has 0 aromatic carbocycles. The summed E-state index contributed by atoms with van der Waals surface area (Å²) in [5.74, 6) is 0. The van der Waals surface area contributed by atoms with Crippen LogP contribution in [0.15, 0.2) is 10.8 Å². The van der Waals surface area contributed by atoms with Crippen molar-refractivity contribution in [2.45, 2.75) is 32.6 Å². The van der Waals surface area contributed by atoms with Gasteiger partial charge in [-0.15, -0.1) is 0 Å². The molecule has 0 aliphatic rings. The number of hydrogen-bond acceptors (Lipinski definition) is 2. The molecule has 0 atom stereocenters. The average Bonchev–Trinajstić information content (AvgIpc) is 2.47. The highest BCUT2D eigenvalue weighted by molar-refractivity contribution is 5.22. The van der Waals surface area contributed by atoms with Crippen LogP contribution in [-0.4, -0.2) is 11.7 Å². The Bertz CT molecular complexity index is 314. The predicted octanol–water partition coefficient (Wildman–Crippen LogP) is 2.43. The molecule has 0 saturated heterocycles. The molecule has 0 unspecified atom stereocenters. The molecule has 1 rings (SSSR count). The van der Waals surface area contributed by atoms with Crippen LogP contribution < -0.4 is 0 Å². The van der Waals surface area contributed by atoms with Crippen molar-refractivity contribution in [1.29, 1.82) is 0 Å². The molecule has 3 nitrogen and oxygen atoms in total. The van der Waals surface area contributed by atoms with E-state index < -0.39 is 0 Å². The standard InChI is InChI=1S/C10H14N2O/c1-10(2,3)9-8(5-6-11-4)7-13-12-9/h7H,5-6H2,1-3H3. The SMILES string of the molecule is [C-]#[N+]CCc1conc1C(C)(C)C. The van der Waals surface area contributed by atoms with E-state index in [2.05, 4.69) is 30.8 Å². The number of rotatable bonds is 2. The summed E-state index contributed by atoms with van der Waals surface area (Å²) in [4.78, 5) is 3.31. The topological polar surface area (TPSA) is 30.4 Å². The van der Waals surface area contributed by atoms with Crippen LogP contribution in [0.2, 0.25) is 0 Å². The molecule has 1 aromatic rings. The van der Waals surface area contributed by atoms with E-state index in [4.69, 9.17) is 11.1 Å². The van der Waals surface area contributed by atoms with Gasteiger partial charge in [-0.05, 0) is 0 Å². The van der Waals surface area contributed by atoms with Gasteiger partial charge in [-0.3, -0.25) is 0 Å². The van der Waals surface area contributed by atoms with Gasteiger partial charge in [0.1, 0.15) is 6.26 Å². The molecule has 0 N–H and O–H groups in total. The predicted molar refractivity (Wildman–Crippen MR) is 50.4 cm³/mol. The highest BCUT2D eigenvalue weighted by Crippen LogP contribution is 2.24. The molecule has 0 aliphatic heterocycles. The maximum Gasteiger partial charge on any atom is 0.218 e. The summed E-state index contributed by atoms with van der Waals surface area (Å²) < 4.78 is 4.92. The van der Waals surface area contributed by atoms with Crippen LogP contribution in [0.5, 0.6) is 0 Å². The van der Waals surface area contributed by atoms with E-state index in [-0.39, 0.29) is 5.41 Å². The molecule has 0 saturated carbocycles. The van der Waals surface area contributed by atoms with E-state index in [9.17, 15) is 0 Å². The summed E-state index contributed by atoms with van der Waals surface area (Å²) in [6.07, 6.45) is 2.38. The van der Waals surface area contributed by atoms with Crippen LogP contribution in [0.3, 0.4) is 0 Å². The van der Waals surface area contributed by atoms with Crippen molar-refractivity contribution in [3.05, 3.63) is 28.9 Å². The van der Waals surface area contributed by atoms with Gasteiger partial charge < -0.3 is 9.37 Å².